The molecular formula is C10H11F2NO. The van der Waals surface area contributed by atoms with E-state index in [4.69, 9.17) is 10.5 Å². The third-order valence-electron chi connectivity index (χ3n) is 2.27. The molecule has 0 saturated heterocycles. The lowest BCUT2D eigenvalue weighted by molar-refractivity contribution is 0.100. The fourth-order valence-corrected chi connectivity index (χ4v) is 1.49. The van der Waals surface area contributed by atoms with Crippen LogP contribution in [0.25, 0.3) is 0 Å². The first-order valence-electron chi connectivity index (χ1n) is 4.52. The van der Waals surface area contributed by atoms with Gasteiger partial charge in [-0.15, -0.1) is 0 Å². The van der Waals surface area contributed by atoms with E-state index in [1.807, 2.05) is 0 Å². The number of rotatable bonds is 2. The lowest BCUT2D eigenvalue weighted by Crippen LogP contribution is -2.43. The molecular weight excluding hydrogens is 188 g/mol. The number of nitrogens with two attached hydrogens (primary N) is 1. The number of benzene rings is 1. The van der Waals surface area contributed by atoms with Crippen LogP contribution in [0.1, 0.15) is 12.8 Å². The van der Waals surface area contributed by atoms with Gasteiger partial charge in [0.15, 0.2) is 0 Å². The molecule has 0 spiro atoms. The van der Waals surface area contributed by atoms with Gasteiger partial charge in [0.05, 0.1) is 0 Å². The largest absolute Gasteiger partial charge is 0.490 e. The Hall–Kier alpha value is -1.16. The highest BCUT2D eigenvalue weighted by atomic mass is 19.1. The third kappa shape index (κ3) is 2.01. The van der Waals surface area contributed by atoms with Crippen molar-refractivity contribution in [2.45, 2.75) is 25.0 Å². The molecule has 1 aromatic carbocycles. The molecule has 1 aromatic rings. The Kier molecular flexibility index (Phi) is 2.37. The van der Waals surface area contributed by atoms with Crippen LogP contribution in [0.15, 0.2) is 18.2 Å². The Balaban J connectivity index is 2.02. The highest BCUT2D eigenvalue weighted by molar-refractivity contribution is 5.24. The summed E-state index contributed by atoms with van der Waals surface area (Å²) in [6.45, 7) is 0. The van der Waals surface area contributed by atoms with E-state index in [1.54, 1.807) is 0 Å². The Morgan fingerprint density at radius 2 is 1.71 bits per heavy atom. The van der Waals surface area contributed by atoms with E-state index in [-0.39, 0.29) is 17.9 Å². The molecule has 1 aliphatic carbocycles. The zero-order valence-corrected chi connectivity index (χ0v) is 7.54. The number of hydrogen-bond acceptors (Lipinski definition) is 2. The van der Waals surface area contributed by atoms with Crippen LogP contribution in [0, 0.1) is 11.6 Å². The molecule has 0 aliphatic heterocycles. The molecule has 76 valence electrons. The van der Waals surface area contributed by atoms with Gasteiger partial charge in [0.25, 0.3) is 0 Å². The predicted molar refractivity (Wildman–Crippen MR) is 48.0 cm³/mol. The van der Waals surface area contributed by atoms with E-state index in [9.17, 15) is 8.78 Å². The fraction of sp³-hybridized carbons (Fsp3) is 0.400. The second-order valence-electron chi connectivity index (χ2n) is 3.58. The maximum atomic E-state index is 12.7. The van der Waals surface area contributed by atoms with Crippen molar-refractivity contribution < 1.29 is 13.5 Å². The summed E-state index contributed by atoms with van der Waals surface area (Å²) < 4.78 is 30.8. The van der Waals surface area contributed by atoms with E-state index >= 15 is 0 Å². The van der Waals surface area contributed by atoms with Crippen LogP contribution in [-0.4, -0.2) is 12.1 Å². The summed E-state index contributed by atoms with van der Waals surface area (Å²) in [5.41, 5.74) is 5.55. The van der Waals surface area contributed by atoms with Crippen molar-refractivity contribution in [1.29, 1.82) is 0 Å². The van der Waals surface area contributed by atoms with Crippen LogP contribution in [-0.2, 0) is 0 Å². The highest BCUT2D eigenvalue weighted by Crippen LogP contribution is 2.25. The Labute approximate surface area is 80.7 Å². The summed E-state index contributed by atoms with van der Waals surface area (Å²) in [7, 11) is 0. The van der Waals surface area contributed by atoms with Gasteiger partial charge in [-0.05, 0) is 12.8 Å². The van der Waals surface area contributed by atoms with Crippen molar-refractivity contribution in [2.24, 2.45) is 5.73 Å². The van der Waals surface area contributed by atoms with Crippen molar-refractivity contribution in [1.82, 2.24) is 0 Å². The van der Waals surface area contributed by atoms with Gasteiger partial charge in [0.1, 0.15) is 23.5 Å². The zero-order valence-electron chi connectivity index (χ0n) is 7.54. The van der Waals surface area contributed by atoms with Gasteiger partial charge in [-0.2, -0.15) is 0 Å². The monoisotopic (exact) mass is 199 g/mol. The first-order valence-corrected chi connectivity index (χ1v) is 4.52. The number of hydrogen-bond donors (Lipinski definition) is 1. The molecule has 0 bridgehead atoms. The van der Waals surface area contributed by atoms with Crippen LogP contribution in [0.2, 0.25) is 0 Å². The van der Waals surface area contributed by atoms with Crippen LogP contribution in [0.5, 0.6) is 5.75 Å². The molecule has 2 rings (SSSR count). The first-order chi connectivity index (χ1) is 6.63. The molecule has 0 aromatic heterocycles. The lowest BCUT2D eigenvalue weighted by atomic mass is 9.90. The van der Waals surface area contributed by atoms with Crippen LogP contribution in [0.4, 0.5) is 8.78 Å². The second kappa shape index (κ2) is 3.53. The number of halogens is 2. The lowest BCUT2D eigenvalue weighted by Gasteiger charge is -2.32. The van der Waals surface area contributed by atoms with Gasteiger partial charge >= 0.3 is 0 Å². The van der Waals surface area contributed by atoms with Gasteiger partial charge in [-0.1, -0.05) is 0 Å². The average molecular weight is 199 g/mol. The van der Waals surface area contributed by atoms with E-state index in [0.29, 0.717) is 0 Å². The van der Waals surface area contributed by atoms with Crippen LogP contribution >= 0.6 is 0 Å². The first kappa shape index (κ1) is 9.40. The van der Waals surface area contributed by atoms with Gasteiger partial charge in [-0.3, -0.25) is 0 Å². The van der Waals surface area contributed by atoms with Crippen molar-refractivity contribution in [2.75, 3.05) is 0 Å². The molecule has 4 heteroatoms. The van der Waals surface area contributed by atoms with E-state index < -0.39 is 11.6 Å². The summed E-state index contributed by atoms with van der Waals surface area (Å²) in [6.07, 6.45) is 1.50. The van der Waals surface area contributed by atoms with Gasteiger partial charge < -0.3 is 10.5 Å². The Morgan fingerprint density at radius 1 is 1.14 bits per heavy atom. The Morgan fingerprint density at radius 3 is 2.21 bits per heavy atom. The standard InChI is InChI=1S/C10H11F2NO/c11-6-1-7(12)3-9(2-6)14-10-4-8(13)5-10/h1-3,8,10H,4-5,13H2. The van der Waals surface area contributed by atoms with Crippen molar-refractivity contribution in [3.63, 3.8) is 0 Å². The van der Waals surface area contributed by atoms with Crippen molar-refractivity contribution in [3.8, 4) is 5.75 Å². The maximum Gasteiger partial charge on any atom is 0.129 e. The normalized spacial score (nSPS) is 25.6. The molecule has 1 saturated carbocycles. The summed E-state index contributed by atoms with van der Waals surface area (Å²) in [4.78, 5) is 0. The van der Waals surface area contributed by atoms with Crippen molar-refractivity contribution in [3.05, 3.63) is 29.8 Å². The molecule has 14 heavy (non-hydrogen) atoms. The van der Waals surface area contributed by atoms with Crippen LogP contribution < -0.4 is 10.5 Å². The molecule has 1 fully saturated rings. The molecule has 2 N–H and O–H groups in total. The highest BCUT2D eigenvalue weighted by Gasteiger charge is 2.27. The number of ether oxygens (including phenoxy) is 1. The molecule has 2 nitrogen and oxygen atoms in total. The molecule has 0 atom stereocenters. The third-order valence-corrected chi connectivity index (χ3v) is 2.27. The van der Waals surface area contributed by atoms with Crippen LogP contribution in [0.3, 0.4) is 0 Å². The molecule has 0 radical (unpaired) electrons. The fourth-order valence-electron chi connectivity index (χ4n) is 1.49. The van der Waals surface area contributed by atoms with E-state index in [1.165, 1.54) is 12.1 Å². The molecule has 0 heterocycles. The summed E-state index contributed by atoms with van der Waals surface area (Å²) in [5.74, 6) is -1.01. The zero-order chi connectivity index (χ0) is 10.1. The average Bonchev–Trinajstić information content (AvgIpc) is 1.99. The quantitative estimate of drug-likeness (QED) is 0.788. The minimum atomic E-state index is -0.622. The van der Waals surface area contributed by atoms with Gasteiger partial charge in [-0.25, -0.2) is 8.78 Å². The van der Waals surface area contributed by atoms with E-state index in [0.717, 1.165) is 18.9 Å². The smallest absolute Gasteiger partial charge is 0.129 e. The second-order valence-corrected chi connectivity index (χ2v) is 3.58. The molecule has 0 unspecified atom stereocenters. The summed E-state index contributed by atoms with van der Waals surface area (Å²) >= 11 is 0. The van der Waals surface area contributed by atoms with E-state index in [2.05, 4.69) is 0 Å². The topological polar surface area (TPSA) is 35.2 Å². The summed E-state index contributed by atoms with van der Waals surface area (Å²) in [5, 5.41) is 0. The maximum absolute atomic E-state index is 12.7. The van der Waals surface area contributed by atoms with Gasteiger partial charge in [0, 0.05) is 24.2 Å². The van der Waals surface area contributed by atoms with Gasteiger partial charge in [0.2, 0.25) is 0 Å². The minimum Gasteiger partial charge on any atom is -0.490 e. The SMILES string of the molecule is NC1CC(Oc2cc(F)cc(F)c2)C1. The predicted octanol–water partition coefficient (Wildman–Crippen LogP) is 1.83. The molecule has 1 aliphatic rings. The Bertz CT molecular complexity index is 317. The summed E-state index contributed by atoms with van der Waals surface area (Å²) in [6, 6.07) is 3.33. The van der Waals surface area contributed by atoms with Crippen molar-refractivity contribution >= 4 is 0 Å². The molecule has 0 amide bonds. The minimum absolute atomic E-state index is 0.00574.